The first kappa shape index (κ1) is 11.7. The zero-order valence-corrected chi connectivity index (χ0v) is 10.0. The topological polar surface area (TPSA) is 32.3 Å². The third-order valence-corrected chi connectivity index (χ3v) is 4.66. The van der Waals surface area contributed by atoms with Crippen LogP contribution in [0.1, 0.15) is 13.8 Å². The molecule has 2 nitrogen and oxygen atoms in total. The molecule has 0 saturated carbocycles. The molecule has 0 amide bonds. The molecule has 1 aliphatic rings. The van der Waals surface area contributed by atoms with E-state index in [-0.39, 0.29) is 0 Å². The summed E-state index contributed by atoms with van der Waals surface area (Å²) in [7, 11) is 0. The first-order valence-electron chi connectivity index (χ1n) is 4.70. The van der Waals surface area contributed by atoms with Crippen molar-refractivity contribution >= 4 is 23.5 Å². The van der Waals surface area contributed by atoms with E-state index in [9.17, 15) is 5.11 Å². The summed E-state index contributed by atoms with van der Waals surface area (Å²) in [6, 6.07) is 0. The Bertz CT molecular complexity index is 141. The molecule has 4 heteroatoms. The largest absolute Gasteiger partial charge is 0.389 e. The summed E-state index contributed by atoms with van der Waals surface area (Å²) in [5.74, 6) is 3.83. The van der Waals surface area contributed by atoms with Crippen LogP contribution in [0.5, 0.6) is 0 Å². The number of aliphatic hydroxyl groups is 1. The van der Waals surface area contributed by atoms with E-state index in [1.165, 1.54) is 17.3 Å². The molecule has 1 saturated heterocycles. The lowest BCUT2D eigenvalue weighted by atomic mass is 10.1. The lowest BCUT2D eigenvalue weighted by Crippen LogP contribution is -2.39. The van der Waals surface area contributed by atoms with Crippen LogP contribution in [-0.4, -0.2) is 46.3 Å². The highest BCUT2D eigenvalue weighted by Gasteiger charge is 2.16. The summed E-state index contributed by atoms with van der Waals surface area (Å²) in [6.07, 6.45) is 0. The van der Waals surface area contributed by atoms with E-state index in [2.05, 4.69) is 5.32 Å². The second kappa shape index (κ2) is 5.49. The highest BCUT2D eigenvalue weighted by atomic mass is 32.2. The van der Waals surface area contributed by atoms with Gasteiger partial charge in [0.1, 0.15) is 0 Å². The first-order chi connectivity index (χ1) is 6.08. The molecule has 13 heavy (non-hydrogen) atoms. The fourth-order valence-corrected chi connectivity index (χ4v) is 3.84. The summed E-state index contributed by atoms with van der Waals surface area (Å²) < 4.78 is 0. The van der Waals surface area contributed by atoms with Crippen molar-refractivity contribution in [2.24, 2.45) is 0 Å². The van der Waals surface area contributed by atoms with E-state index in [0.717, 1.165) is 11.8 Å². The van der Waals surface area contributed by atoms with Gasteiger partial charge >= 0.3 is 0 Å². The van der Waals surface area contributed by atoms with Crippen molar-refractivity contribution in [2.45, 2.75) is 24.7 Å². The highest BCUT2D eigenvalue weighted by molar-refractivity contribution is 8.06. The summed E-state index contributed by atoms with van der Waals surface area (Å²) in [5.41, 5.74) is -0.577. The molecule has 0 radical (unpaired) electrons. The van der Waals surface area contributed by atoms with Crippen LogP contribution in [0, 0.1) is 0 Å². The number of rotatable bonds is 4. The van der Waals surface area contributed by atoms with Crippen molar-refractivity contribution < 1.29 is 5.11 Å². The summed E-state index contributed by atoms with van der Waals surface area (Å²) >= 11 is 4.09. The molecule has 78 valence electrons. The minimum atomic E-state index is -0.577. The zero-order valence-electron chi connectivity index (χ0n) is 8.38. The molecule has 0 aromatic carbocycles. The second-order valence-electron chi connectivity index (χ2n) is 4.01. The van der Waals surface area contributed by atoms with Crippen LogP contribution in [-0.2, 0) is 0 Å². The molecule has 1 atom stereocenters. The third kappa shape index (κ3) is 5.83. The summed E-state index contributed by atoms with van der Waals surface area (Å²) in [4.78, 5) is 0. The smallest absolute Gasteiger partial charge is 0.0715 e. The Morgan fingerprint density at radius 2 is 2.23 bits per heavy atom. The van der Waals surface area contributed by atoms with E-state index in [1.807, 2.05) is 37.4 Å². The van der Waals surface area contributed by atoms with Crippen LogP contribution in [0.3, 0.4) is 0 Å². The van der Waals surface area contributed by atoms with Gasteiger partial charge < -0.3 is 10.4 Å². The minimum Gasteiger partial charge on any atom is -0.389 e. The van der Waals surface area contributed by atoms with Gasteiger partial charge in [-0.3, -0.25) is 0 Å². The molecule has 1 fully saturated rings. The van der Waals surface area contributed by atoms with E-state index in [0.29, 0.717) is 6.54 Å². The quantitative estimate of drug-likeness (QED) is 0.747. The molecule has 1 unspecified atom stereocenters. The highest BCUT2D eigenvalue weighted by Crippen LogP contribution is 2.23. The molecular formula is C9H19NOS2. The number of hydrogen-bond donors (Lipinski definition) is 2. The van der Waals surface area contributed by atoms with E-state index >= 15 is 0 Å². The molecule has 0 spiro atoms. The maximum atomic E-state index is 9.47. The van der Waals surface area contributed by atoms with Gasteiger partial charge in [-0.05, 0) is 13.8 Å². The van der Waals surface area contributed by atoms with Crippen molar-refractivity contribution in [3.63, 3.8) is 0 Å². The fraction of sp³-hybridized carbons (Fsp3) is 1.00. The second-order valence-corrected chi connectivity index (χ2v) is 6.57. The molecule has 2 N–H and O–H groups in total. The number of thioether (sulfide) groups is 2. The number of hydrogen-bond acceptors (Lipinski definition) is 4. The standard InChI is InChI=1S/C9H19NOS2/c1-9(2,11)7-10-5-8-6-12-3-4-13-8/h8,10-11H,3-7H2,1-2H3. The van der Waals surface area contributed by atoms with Crippen molar-refractivity contribution in [1.82, 2.24) is 5.32 Å². The molecule has 0 bridgehead atoms. The van der Waals surface area contributed by atoms with Crippen molar-refractivity contribution in [1.29, 1.82) is 0 Å². The Labute approximate surface area is 89.2 Å². The first-order valence-corrected chi connectivity index (χ1v) is 6.91. The van der Waals surface area contributed by atoms with Gasteiger partial charge in [-0.1, -0.05) is 0 Å². The molecule has 1 aliphatic heterocycles. The lowest BCUT2D eigenvalue weighted by Gasteiger charge is -2.23. The van der Waals surface area contributed by atoms with Gasteiger partial charge in [0.05, 0.1) is 5.60 Å². The van der Waals surface area contributed by atoms with Gasteiger partial charge in [-0.25, -0.2) is 0 Å². The van der Waals surface area contributed by atoms with E-state index in [1.54, 1.807) is 0 Å². The molecule has 1 heterocycles. The monoisotopic (exact) mass is 221 g/mol. The maximum Gasteiger partial charge on any atom is 0.0715 e. The Kier molecular flexibility index (Phi) is 4.94. The predicted molar refractivity (Wildman–Crippen MR) is 62.7 cm³/mol. The maximum absolute atomic E-state index is 9.47. The van der Waals surface area contributed by atoms with Gasteiger partial charge in [0, 0.05) is 35.6 Å². The van der Waals surface area contributed by atoms with Gasteiger partial charge in [0.2, 0.25) is 0 Å². The zero-order chi connectivity index (χ0) is 9.73. The Morgan fingerprint density at radius 1 is 1.46 bits per heavy atom. The lowest BCUT2D eigenvalue weighted by molar-refractivity contribution is 0.0802. The molecular weight excluding hydrogens is 202 g/mol. The normalized spacial score (nSPS) is 24.7. The number of nitrogens with one attached hydrogen (secondary N) is 1. The van der Waals surface area contributed by atoms with Gasteiger partial charge in [-0.15, -0.1) is 0 Å². The predicted octanol–water partition coefficient (Wildman–Crippen LogP) is 1.20. The van der Waals surface area contributed by atoms with Crippen LogP contribution >= 0.6 is 23.5 Å². The third-order valence-electron chi connectivity index (χ3n) is 1.81. The molecule has 1 rings (SSSR count). The summed E-state index contributed by atoms with van der Waals surface area (Å²) in [6.45, 7) is 5.39. The van der Waals surface area contributed by atoms with Gasteiger partial charge in [0.25, 0.3) is 0 Å². The van der Waals surface area contributed by atoms with Gasteiger partial charge in [-0.2, -0.15) is 23.5 Å². The van der Waals surface area contributed by atoms with Crippen LogP contribution in [0.25, 0.3) is 0 Å². The van der Waals surface area contributed by atoms with Crippen molar-refractivity contribution in [2.75, 3.05) is 30.3 Å². The van der Waals surface area contributed by atoms with Crippen molar-refractivity contribution in [3.8, 4) is 0 Å². The minimum absolute atomic E-state index is 0.577. The molecule has 0 aromatic rings. The fourth-order valence-electron chi connectivity index (χ4n) is 1.19. The average Bonchev–Trinajstić information content (AvgIpc) is 2.04. The van der Waals surface area contributed by atoms with E-state index in [4.69, 9.17) is 0 Å². The van der Waals surface area contributed by atoms with Gasteiger partial charge in [0.15, 0.2) is 0 Å². The molecule has 0 aromatic heterocycles. The van der Waals surface area contributed by atoms with Crippen molar-refractivity contribution in [3.05, 3.63) is 0 Å². The summed E-state index contributed by atoms with van der Waals surface area (Å²) in [5, 5.41) is 13.5. The Hall–Kier alpha value is 0.620. The average molecular weight is 221 g/mol. The Morgan fingerprint density at radius 3 is 2.77 bits per heavy atom. The van der Waals surface area contributed by atoms with Crippen LogP contribution in [0.4, 0.5) is 0 Å². The molecule has 0 aliphatic carbocycles. The van der Waals surface area contributed by atoms with Crippen LogP contribution < -0.4 is 5.32 Å². The van der Waals surface area contributed by atoms with E-state index < -0.39 is 5.60 Å². The Balaban J connectivity index is 2.04. The SMILES string of the molecule is CC(C)(O)CNCC1CSCCS1. The van der Waals surface area contributed by atoms with Crippen LogP contribution in [0.2, 0.25) is 0 Å². The van der Waals surface area contributed by atoms with Crippen LogP contribution in [0.15, 0.2) is 0 Å².